The van der Waals surface area contributed by atoms with Gasteiger partial charge in [-0.2, -0.15) is 0 Å². The third-order valence-corrected chi connectivity index (χ3v) is 12.8. The molecule has 0 amide bonds. The first-order valence-electron chi connectivity index (χ1n) is 19.7. The molecule has 10 rings (SSSR count). The van der Waals surface area contributed by atoms with Gasteiger partial charge in [0, 0.05) is 54.1 Å². The molecule has 9 heteroatoms. The summed E-state index contributed by atoms with van der Waals surface area (Å²) in [6.07, 6.45) is 0. The van der Waals surface area contributed by atoms with Crippen molar-refractivity contribution in [2.45, 2.75) is 38.9 Å². The van der Waals surface area contributed by atoms with Gasteiger partial charge in [0.1, 0.15) is 5.15 Å². The van der Waals surface area contributed by atoms with Crippen LogP contribution in [-0.4, -0.2) is 38.3 Å². The fraction of sp³-hybridized carbons (Fsp3) is 0.120. The molecule has 0 radical (unpaired) electrons. The third-order valence-electron chi connectivity index (χ3n) is 11.5. The maximum Gasteiger partial charge on any atom is 0.494 e. The van der Waals surface area contributed by atoms with E-state index < -0.39 is 18.3 Å². The molecule has 286 valence electrons. The molecule has 1 aliphatic rings. The summed E-state index contributed by atoms with van der Waals surface area (Å²) in [4.78, 5) is 19.8. The van der Waals surface area contributed by atoms with Gasteiger partial charge in [-0.05, 0) is 68.6 Å². The van der Waals surface area contributed by atoms with Crippen molar-refractivity contribution in [1.82, 2.24) is 19.9 Å². The first kappa shape index (κ1) is 37.3. The quantitative estimate of drug-likeness (QED) is 0.118. The van der Waals surface area contributed by atoms with E-state index >= 15 is 0 Å². The highest BCUT2D eigenvalue weighted by molar-refractivity contribution is 7.26. The number of thiophene rings is 1. The molecule has 0 atom stereocenters. The Hall–Kier alpha value is -6.03. The second-order valence-corrected chi connectivity index (χ2v) is 17.4. The summed E-state index contributed by atoms with van der Waals surface area (Å²) < 4.78 is 15.6. The predicted octanol–water partition coefficient (Wildman–Crippen LogP) is 12.6. The lowest BCUT2D eigenvalue weighted by Gasteiger charge is -2.32. The summed E-state index contributed by atoms with van der Waals surface area (Å²) in [6, 6.07) is 53.9. The van der Waals surface area contributed by atoms with Crippen molar-refractivity contribution in [2.75, 3.05) is 0 Å². The number of halogens is 1. The zero-order chi connectivity index (χ0) is 40.3. The van der Waals surface area contributed by atoms with Gasteiger partial charge in [0.2, 0.25) is 0 Å². The summed E-state index contributed by atoms with van der Waals surface area (Å²) >= 11 is 8.29. The number of nitrogens with zero attached hydrogens (tertiary/aromatic N) is 4. The molecule has 0 spiro atoms. The number of benzene rings is 6. The van der Waals surface area contributed by atoms with Gasteiger partial charge in [0.15, 0.2) is 11.6 Å². The Bertz CT molecular complexity index is 3010. The van der Waals surface area contributed by atoms with Gasteiger partial charge in [-0.15, -0.1) is 11.3 Å². The molecule has 0 unspecified atom stereocenters. The lowest BCUT2D eigenvalue weighted by atomic mass is 9.77. The van der Waals surface area contributed by atoms with E-state index in [9.17, 15) is 0 Å². The number of hydrogen-bond donors (Lipinski definition) is 0. The molecule has 6 nitrogen and oxygen atoms in total. The molecular formula is C50H38BClN4O2S. The standard InChI is InChI=1S/C50H38BClN4O2S/c1-49(2)50(3,4)58-51(57-49)37-27-39(46-38-20-11-12-21-43(38)59-44(46)28-37)42-29-40(53-47(55-42)33-14-7-5-8-15-33)32-24-22-31(23-25-32)35-18-13-19-36(26-35)41-30-45(52)56-48(54-41)34-16-9-6-10-17-34/h5-30H,1-4H3. The summed E-state index contributed by atoms with van der Waals surface area (Å²) in [5.74, 6) is 1.25. The van der Waals surface area contributed by atoms with Crippen molar-refractivity contribution in [2.24, 2.45) is 0 Å². The van der Waals surface area contributed by atoms with Crippen LogP contribution in [0.3, 0.4) is 0 Å². The molecule has 4 heterocycles. The van der Waals surface area contributed by atoms with E-state index in [1.165, 1.54) is 10.1 Å². The number of aromatic nitrogens is 4. The fourth-order valence-electron chi connectivity index (χ4n) is 7.62. The van der Waals surface area contributed by atoms with Gasteiger partial charge in [-0.1, -0.05) is 139 Å². The minimum Gasteiger partial charge on any atom is -0.399 e. The summed E-state index contributed by atoms with van der Waals surface area (Å²) in [5.41, 5.74) is 9.37. The lowest BCUT2D eigenvalue weighted by Crippen LogP contribution is -2.41. The molecule has 3 aromatic heterocycles. The van der Waals surface area contributed by atoms with Crippen molar-refractivity contribution >= 4 is 55.7 Å². The van der Waals surface area contributed by atoms with E-state index in [0.717, 1.165) is 71.6 Å². The van der Waals surface area contributed by atoms with Crippen LogP contribution in [0.4, 0.5) is 0 Å². The second-order valence-electron chi connectivity index (χ2n) is 15.9. The van der Waals surface area contributed by atoms with Crippen LogP contribution in [0.2, 0.25) is 5.15 Å². The molecule has 0 N–H and O–H groups in total. The molecule has 6 aromatic carbocycles. The van der Waals surface area contributed by atoms with Gasteiger partial charge in [0.05, 0.1) is 28.3 Å². The molecule has 9 aromatic rings. The van der Waals surface area contributed by atoms with Gasteiger partial charge in [0.25, 0.3) is 0 Å². The van der Waals surface area contributed by atoms with Crippen LogP contribution in [0.1, 0.15) is 27.7 Å². The van der Waals surface area contributed by atoms with Gasteiger partial charge in [-0.25, -0.2) is 19.9 Å². The van der Waals surface area contributed by atoms with Crippen LogP contribution in [0.25, 0.3) is 87.8 Å². The summed E-state index contributed by atoms with van der Waals surface area (Å²) in [6.45, 7) is 8.36. The number of fused-ring (bicyclic) bond motifs is 3. The average Bonchev–Trinajstić information content (AvgIpc) is 3.75. The summed E-state index contributed by atoms with van der Waals surface area (Å²) in [5, 5.41) is 2.75. The average molecular weight is 805 g/mol. The van der Waals surface area contributed by atoms with E-state index in [4.69, 9.17) is 35.9 Å². The highest BCUT2D eigenvalue weighted by atomic mass is 35.5. The van der Waals surface area contributed by atoms with Crippen molar-refractivity contribution in [1.29, 1.82) is 0 Å². The van der Waals surface area contributed by atoms with Crippen molar-refractivity contribution in [3.05, 3.63) is 163 Å². The molecule has 0 aliphatic carbocycles. The number of rotatable bonds is 7. The van der Waals surface area contributed by atoms with Gasteiger partial charge in [-0.3, -0.25) is 0 Å². The SMILES string of the molecule is CC1(C)OB(c2cc(-c3cc(-c4ccc(-c5cccc(-c6cc(Cl)nc(-c7ccccc7)n6)c5)cc4)nc(-c4ccccc4)n3)c3c(c2)sc2ccccc23)OC1(C)C. The first-order valence-corrected chi connectivity index (χ1v) is 20.8. The zero-order valence-electron chi connectivity index (χ0n) is 33.0. The third kappa shape index (κ3) is 7.02. The minimum absolute atomic E-state index is 0.399. The van der Waals surface area contributed by atoms with Crippen LogP contribution in [-0.2, 0) is 9.31 Å². The maximum atomic E-state index is 6.60. The van der Waals surface area contributed by atoms with Crippen LogP contribution in [0.5, 0.6) is 0 Å². The molecule has 1 aliphatic heterocycles. The van der Waals surface area contributed by atoms with Gasteiger partial charge < -0.3 is 9.31 Å². The highest BCUT2D eigenvalue weighted by Crippen LogP contribution is 2.42. The Balaban J connectivity index is 1.07. The summed E-state index contributed by atoms with van der Waals surface area (Å²) in [7, 11) is -0.522. The largest absolute Gasteiger partial charge is 0.494 e. The van der Waals surface area contributed by atoms with Crippen LogP contribution >= 0.6 is 22.9 Å². The van der Waals surface area contributed by atoms with Crippen molar-refractivity contribution in [3.8, 4) is 67.7 Å². The normalized spacial score (nSPS) is 14.6. The first-order chi connectivity index (χ1) is 28.6. The Kier molecular flexibility index (Phi) is 9.26. The lowest BCUT2D eigenvalue weighted by molar-refractivity contribution is 0.00578. The van der Waals surface area contributed by atoms with Gasteiger partial charge >= 0.3 is 7.12 Å². The molecule has 0 bridgehead atoms. The molecule has 1 fully saturated rings. The second kappa shape index (κ2) is 14.7. The molecule has 1 saturated heterocycles. The monoisotopic (exact) mass is 804 g/mol. The fourth-order valence-corrected chi connectivity index (χ4v) is 8.98. The topological polar surface area (TPSA) is 70.0 Å². The Labute approximate surface area is 352 Å². The number of hydrogen-bond acceptors (Lipinski definition) is 7. The molecule has 59 heavy (non-hydrogen) atoms. The van der Waals surface area contributed by atoms with Crippen LogP contribution in [0.15, 0.2) is 158 Å². The highest BCUT2D eigenvalue weighted by Gasteiger charge is 2.52. The predicted molar refractivity (Wildman–Crippen MR) is 244 cm³/mol. The van der Waals surface area contributed by atoms with Crippen molar-refractivity contribution < 1.29 is 9.31 Å². The van der Waals surface area contributed by atoms with E-state index in [1.54, 1.807) is 11.3 Å². The van der Waals surface area contributed by atoms with E-state index in [0.29, 0.717) is 16.8 Å². The Morgan fingerprint density at radius 2 is 1.03 bits per heavy atom. The molecule has 0 saturated carbocycles. The maximum absolute atomic E-state index is 6.60. The minimum atomic E-state index is -0.522. The van der Waals surface area contributed by atoms with Crippen LogP contribution in [0, 0.1) is 0 Å². The van der Waals surface area contributed by atoms with E-state index in [2.05, 4.69) is 124 Å². The molecular weight excluding hydrogens is 767 g/mol. The van der Waals surface area contributed by atoms with E-state index in [1.807, 2.05) is 66.7 Å². The Morgan fingerprint density at radius 3 is 1.73 bits per heavy atom. The van der Waals surface area contributed by atoms with E-state index in [-0.39, 0.29) is 0 Å². The van der Waals surface area contributed by atoms with Crippen molar-refractivity contribution in [3.63, 3.8) is 0 Å². The van der Waals surface area contributed by atoms with Crippen LogP contribution < -0.4 is 5.46 Å². The smallest absolute Gasteiger partial charge is 0.399 e. The zero-order valence-corrected chi connectivity index (χ0v) is 34.6. The Morgan fingerprint density at radius 1 is 0.475 bits per heavy atom.